The first-order chi connectivity index (χ1) is 26.1. The maximum Gasteiger partial charge on any atom is 0.179 e. The van der Waals surface area contributed by atoms with Gasteiger partial charge in [-0.15, -0.1) is 0 Å². The molecule has 5 heteroatoms. The molecule has 53 heavy (non-hydrogen) atoms. The molecule has 0 fully saturated rings. The van der Waals surface area contributed by atoms with Gasteiger partial charge in [0.25, 0.3) is 0 Å². The lowest BCUT2D eigenvalue weighted by molar-refractivity contribution is 1.07. The molecule has 10 aromatic rings. The fourth-order valence-electron chi connectivity index (χ4n) is 8.56. The molecule has 252 valence electrons. The molecular weight excluding hydrogens is 661 g/mol. The van der Waals surface area contributed by atoms with Crippen molar-refractivity contribution in [3.8, 4) is 11.6 Å². The number of hydrogen-bond donors (Lipinski definition) is 0. The zero-order chi connectivity index (χ0) is 35.5. The van der Waals surface area contributed by atoms with Gasteiger partial charge in [0.05, 0.1) is 22.1 Å². The Morgan fingerprint density at radius 1 is 0.358 bits per heavy atom. The second-order valence-electron chi connectivity index (χ2n) is 14.0. The van der Waals surface area contributed by atoms with Crippen molar-refractivity contribution in [3.05, 3.63) is 193 Å². The van der Waals surface area contributed by atoms with Gasteiger partial charge >= 0.3 is 0 Å². The van der Waals surface area contributed by atoms with Gasteiger partial charge in [-0.3, -0.25) is 9.13 Å². The Hall–Kier alpha value is -6.56. The Balaban J connectivity index is 1.35. The molecule has 0 bridgehead atoms. The number of fused-ring (bicyclic) bond motifs is 6. The van der Waals surface area contributed by atoms with E-state index < -0.39 is 8.07 Å². The summed E-state index contributed by atoms with van der Waals surface area (Å²) in [7, 11) is -2.97. The molecule has 6 aromatic carbocycles. The number of pyridine rings is 2. The van der Waals surface area contributed by atoms with Crippen LogP contribution in [0.15, 0.2) is 182 Å². The highest BCUT2D eigenvalue weighted by molar-refractivity contribution is 7.20. The van der Waals surface area contributed by atoms with Crippen LogP contribution in [-0.4, -0.2) is 27.2 Å². The summed E-state index contributed by atoms with van der Waals surface area (Å²) in [6, 6.07) is 62.7. The van der Waals surface area contributed by atoms with Crippen molar-refractivity contribution in [2.45, 2.75) is 13.8 Å². The molecule has 0 unspecified atom stereocenters. The normalized spacial score (nSPS) is 12.0. The number of hydrogen-bond acceptors (Lipinski definition) is 2. The summed E-state index contributed by atoms with van der Waals surface area (Å²) < 4.78 is 4.70. The zero-order valence-corrected chi connectivity index (χ0v) is 30.6. The standard InChI is InChI=1S/C48H36N4Si/c1-33-25-27-49-47(29-33)51-43-19-11-9-17-39(43)41-23-21-37(31-45(41)51)53(35-13-5-3-6-14-35,36-15-7-4-8-16-36)38-22-24-42-40-18-10-12-20-44(40)52(46(42)32-38)48-30-34(2)26-28-50-48/h3-32H,1-2H3. The van der Waals surface area contributed by atoms with Crippen molar-refractivity contribution >= 4 is 72.4 Å². The molecule has 0 radical (unpaired) electrons. The highest BCUT2D eigenvalue weighted by atomic mass is 28.3. The van der Waals surface area contributed by atoms with Crippen molar-refractivity contribution in [1.82, 2.24) is 19.1 Å². The van der Waals surface area contributed by atoms with Gasteiger partial charge in [-0.25, -0.2) is 9.97 Å². The van der Waals surface area contributed by atoms with Crippen molar-refractivity contribution < 1.29 is 0 Å². The molecule has 0 aliphatic rings. The number of aromatic nitrogens is 4. The average Bonchev–Trinajstić information content (AvgIpc) is 3.71. The number of benzene rings is 6. The molecule has 4 aromatic heterocycles. The van der Waals surface area contributed by atoms with E-state index in [0.717, 1.165) is 33.7 Å². The van der Waals surface area contributed by atoms with Crippen LogP contribution in [-0.2, 0) is 0 Å². The first-order valence-corrected chi connectivity index (χ1v) is 20.2. The van der Waals surface area contributed by atoms with Gasteiger partial charge in [-0.2, -0.15) is 0 Å². The van der Waals surface area contributed by atoms with Crippen LogP contribution in [0, 0.1) is 13.8 Å². The second-order valence-corrected chi connectivity index (χ2v) is 17.8. The fourth-order valence-corrected chi connectivity index (χ4v) is 13.3. The van der Waals surface area contributed by atoms with Crippen LogP contribution in [0.2, 0.25) is 0 Å². The maximum atomic E-state index is 4.91. The topological polar surface area (TPSA) is 35.6 Å². The molecule has 0 amide bonds. The smallest absolute Gasteiger partial charge is 0.179 e. The minimum atomic E-state index is -2.97. The minimum Gasteiger partial charge on any atom is -0.294 e. The lowest BCUT2D eigenvalue weighted by Crippen LogP contribution is -2.74. The predicted octanol–water partition coefficient (Wildman–Crippen LogP) is 8.67. The summed E-state index contributed by atoms with van der Waals surface area (Å²) >= 11 is 0. The van der Waals surface area contributed by atoms with E-state index in [1.54, 1.807) is 0 Å². The number of para-hydroxylation sites is 2. The van der Waals surface area contributed by atoms with Crippen molar-refractivity contribution in [2.24, 2.45) is 0 Å². The van der Waals surface area contributed by atoms with Crippen molar-refractivity contribution in [3.63, 3.8) is 0 Å². The van der Waals surface area contributed by atoms with E-state index in [1.165, 1.54) is 53.4 Å². The third kappa shape index (κ3) is 4.81. The average molecular weight is 697 g/mol. The Bertz CT molecular complexity index is 2770. The van der Waals surface area contributed by atoms with Gasteiger partial charge in [-0.05, 0) is 94.3 Å². The van der Waals surface area contributed by atoms with Gasteiger partial charge in [0, 0.05) is 33.9 Å². The monoisotopic (exact) mass is 696 g/mol. The highest BCUT2D eigenvalue weighted by Crippen LogP contribution is 2.33. The molecule has 0 aliphatic heterocycles. The molecule has 0 N–H and O–H groups in total. The molecule has 4 heterocycles. The lowest BCUT2D eigenvalue weighted by atomic mass is 10.1. The Morgan fingerprint density at radius 2 is 0.755 bits per heavy atom. The summed E-state index contributed by atoms with van der Waals surface area (Å²) in [5, 5.41) is 10.2. The molecule has 10 rings (SSSR count). The number of rotatable bonds is 6. The van der Waals surface area contributed by atoms with Gasteiger partial charge in [0.15, 0.2) is 8.07 Å². The van der Waals surface area contributed by atoms with Crippen LogP contribution in [0.3, 0.4) is 0 Å². The SMILES string of the molecule is Cc1ccnc(-n2c3ccccc3c3ccc([Si](c4ccccc4)(c4ccccc4)c4ccc5c6ccccc6n(-c6cc(C)ccn6)c5c4)cc32)c1. The first kappa shape index (κ1) is 31.2. The van der Waals surface area contributed by atoms with Crippen molar-refractivity contribution in [2.75, 3.05) is 0 Å². The number of nitrogens with zero attached hydrogens (tertiary/aromatic N) is 4. The van der Waals surface area contributed by atoms with Crippen LogP contribution >= 0.6 is 0 Å². The lowest BCUT2D eigenvalue weighted by Gasteiger charge is -2.34. The molecule has 0 spiro atoms. The molecule has 0 aliphatic carbocycles. The summed E-state index contributed by atoms with van der Waals surface area (Å²) in [4.78, 5) is 9.83. The van der Waals surface area contributed by atoms with Crippen LogP contribution < -0.4 is 20.7 Å². The van der Waals surface area contributed by atoms with Gasteiger partial charge in [0.1, 0.15) is 11.6 Å². The minimum absolute atomic E-state index is 0.927. The summed E-state index contributed by atoms with van der Waals surface area (Å²) in [6.45, 7) is 4.27. The maximum absolute atomic E-state index is 4.91. The Kier molecular flexibility index (Phi) is 7.23. The van der Waals surface area contributed by atoms with Crippen LogP contribution in [0.1, 0.15) is 11.1 Å². The van der Waals surface area contributed by atoms with E-state index in [1.807, 2.05) is 12.4 Å². The van der Waals surface area contributed by atoms with Gasteiger partial charge in [-0.1, -0.05) is 121 Å². The van der Waals surface area contributed by atoms with Crippen LogP contribution in [0.25, 0.3) is 55.2 Å². The molecular formula is C48H36N4Si. The molecule has 0 saturated carbocycles. The highest BCUT2D eigenvalue weighted by Gasteiger charge is 2.42. The van der Waals surface area contributed by atoms with E-state index in [9.17, 15) is 0 Å². The summed E-state index contributed by atoms with van der Waals surface area (Å²) in [5.41, 5.74) is 6.98. The zero-order valence-electron chi connectivity index (χ0n) is 29.6. The summed E-state index contributed by atoms with van der Waals surface area (Å²) in [5.74, 6) is 1.85. The quantitative estimate of drug-likeness (QED) is 0.129. The van der Waals surface area contributed by atoms with E-state index in [4.69, 9.17) is 9.97 Å². The largest absolute Gasteiger partial charge is 0.294 e. The van der Waals surface area contributed by atoms with E-state index in [0.29, 0.717) is 0 Å². The third-order valence-electron chi connectivity index (χ3n) is 10.9. The predicted molar refractivity (Wildman–Crippen MR) is 224 cm³/mol. The Labute approximate surface area is 309 Å². The Morgan fingerprint density at radius 3 is 1.19 bits per heavy atom. The van der Waals surface area contributed by atoms with Crippen LogP contribution in [0.4, 0.5) is 0 Å². The fraction of sp³-hybridized carbons (Fsp3) is 0.0417. The van der Waals surface area contributed by atoms with Gasteiger partial charge in [0.2, 0.25) is 0 Å². The summed E-state index contributed by atoms with van der Waals surface area (Å²) in [6.07, 6.45) is 3.83. The van der Waals surface area contributed by atoms with Crippen LogP contribution in [0.5, 0.6) is 0 Å². The van der Waals surface area contributed by atoms with E-state index in [2.05, 4.69) is 193 Å². The second kappa shape index (κ2) is 12.3. The van der Waals surface area contributed by atoms with E-state index >= 15 is 0 Å². The number of aryl methyl sites for hydroxylation is 2. The van der Waals surface area contributed by atoms with E-state index in [-0.39, 0.29) is 0 Å². The third-order valence-corrected chi connectivity index (χ3v) is 15.6. The first-order valence-electron chi connectivity index (χ1n) is 18.2. The molecule has 4 nitrogen and oxygen atoms in total. The van der Waals surface area contributed by atoms with Crippen molar-refractivity contribution in [1.29, 1.82) is 0 Å². The molecule has 0 saturated heterocycles. The molecule has 0 atom stereocenters. The van der Waals surface area contributed by atoms with Gasteiger partial charge < -0.3 is 0 Å².